The molecule has 28 heavy (non-hydrogen) atoms. The predicted octanol–water partition coefficient (Wildman–Crippen LogP) is 1.49. The van der Waals surface area contributed by atoms with Crippen LogP contribution in [0.3, 0.4) is 0 Å². The fraction of sp³-hybridized carbons (Fsp3) is 0.524. The Morgan fingerprint density at radius 1 is 1.29 bits per heavy atom. The van der Waals surface area contributed by atoms with Crippen molar-refractivity contribution < 1.29 is 23.9 Å². The molecule has 7 heteroatoms. The Labute approximate surface area is 163 Å². The van der Waals surface area contributed by atoms with Gasteiger partial charge < -0.3 is 15.0 Å². The fourth-order valence-corrected chi connectivity index (χ4v) is 4.05. The average molecular weight is 384 g/mol. The highest BCUT2D eigenvalue weighted by molar-refractivity contribution is 6.08. The topological polar surface area (TPSA) is 92.8 Å². The zero-order valence-corrected chi connectivity index (χ0v) is 16.1. The third kappa shape index (κ3) is 3.13. The zero-order valence-electron chi connectivity index (χ0n) is 16.1. The fourth-order valence-electron chi connectivity index (χ4n) is 4.05. The van der Waals surface area contributed by atoms with Gasteiger partial charge >= 0.3 is 0 Å². The third-order valence-electron chi connectivity index (χ3n) is 6.27. The minimum absolute atomic E-state index is 0.0301. The van der Waals surface area contributed by atoms with Crippen molar-refractivity contribution >= 4 is 23.4 Å². The van der Waals surface area contributed by atoms with E-state index in [-0.39, 0.29) is 41.3 Å². The second-order valence-corrected chi connectivity index (χ2v) is 8.38. The van der Waals surface area contributed by atoms with E-state index in [9.17, 15) is 19.2 Å². The molecule has 1 aromatic carbocycles. The molecular weight excluding hydrogens is 360 g/mol. The molecule has 7 nitrogen and oxygen atoms in total. The largest absolute Gasteiger partial charge is 0.380 e. The predicted molar refractivity (Wildman–Crippen MR) is 99.8 cm³/mol. The molecule has 0 bridgehead atoms. The minimum Gasteiger partial charge on any atom is -0.380 e. The number of rotatable bonds is 4. The molecule has 2 amide bonds. The van der Waals surface area contributed by atoms with Crippen LogP contribution in [0.1, 0.15) is 59.4 Å². The van der Waals surface area contributed by atoms with E-state index < -0.39 is 6.04 Å². The van der Waals surface area contributed by atoms with Crippen molar-refractivity contribution in [1.82, 2.24) is 10.2 Å². The summed E-state index contributed by atoms with van der Waals surface area (Å²) in [6.07, 6.45) is 0.603. The molecule has 2 aliphatic heterocycles. The summed E-state index contributed by atoms with van der Waals surface area (Å²) in [5, 5.41) is 3.02. The number of hydrogen-bond acceptors (Lipinski definition) is 5. The van der Waals surface area contributed by atoms with Gasteiger partial charge in [-0.1, -0.05) is 6.92 Å². The molecule has 2 fully saturated rings. The van der Waals surface area contributed by atoms with E-state index in [0.717, 1.165) is 5.56 Å². The number of nitrogens with one attached hydrogen (secondary N) is 1. The van der Waals surface area contributed by atoms with E-state index in [1.807, 2.05) is 6.92 Å². The van der Waals surface area contributed by atoms with Gasteiger partial charge in [0.05, 0.1) is 25.7 Å². The van der Waals surface area contributed by atoms with Crippen molar-refractivity contribution in [3.63, 3.8) is 0 Å². The Morgan fingerprint density at radius 2 is 2.04 bits per heavy atom. The Morgan fingerprint density at radius 3 is 2.68 bits per heavy atom. The number of amides is 2. The summed E-state index contributed by atoms with van der Waals surface area (Å²) in [6.45, 7) is 5.59. The van der Waals surface area contributed by atoms with Gasteiger partial charge in [0.2, 0.25) is 0 Å². The minimum atomic E-state index is -0.548. The monoisotopic (exact) mass is 384 g/mol. The number of ether oxygens (including phenoxy) is 1. The quantitative estimate of drug-likeness (QED) is 0.794. The maximum absolute atomic E-state index is 12.7. The molecule has 1 aromatic rings. The Kier molecular flexibility index (Phi) is 4.57. The maximum atomic E-state index is 12.7. The highest BCUT2D eigenvalue weighted by Crippen LogP contribution is 2.32. The summed E-state index contributed by atoms with van der Waals surface area (Å²) in [7, 11) is 0. The molecular formula is C21H24N2O5. The summed E-state index contributed by atoms with van der Waals surface area (Å²) in [6, 6.07) is 4.46. The first-order valence-electron chi connectivity index (χ1n) is 9.65. The normalized spacial score (nSPS) is 24.6. The van der Waals surface area contributed by atoms with Gasteiger partial charge in [-0.2, -0.15) is 0 Å². The number of carbonyl (C=O) groups excluding carboxylic acids is 4. The van der Waals surface area contributed by atoms with Gasteiger partial charge in [0, 0.05) is 35.5 Å². The van der Waals surface area contributed by atoms with Crippen molar-refractivity contribution in [3.8, 4) is 0 Å². The first kappa shape index (κ1) is 18.8. The highest BCUT2D eigenvalue weighted by Gasteiger charge is 2.41. The molecule has 2 heterocycles. The zero-order chi connectivity index (χ0) is 20.1. The highest BCUT2D eigenvalue weighted by atomic mass is 16.5. The molecule has 0 radical (unpaired) electrons. The summed E-state index contributed by atoms with van der Waals surface area (Å²) >= 11 is 0. The van der Waals surface area contributed by atoms with Gasteiger partial charge in [-0.25, -0.2) is 0 Å². The number of carbonyl (C=O) groups is 4. The number of ketones is 2. The maximum Gasteiger partial charge on any atom is 0.255 e. The molecule has 1 saturated heterocycles. The van der Waals surface area contributed by atoms with E-state index in [4.69, 9.17) is 4.74 Å². The van der Waals surface area contributed by atoms with Crippen LogP contribution in [0.25, 0.3) is 0 Å². The van der Waals surface area contributed by atoms with Crippen molar-refractivity contribution in [2.45, 2.75) is 51.7 Å². The van der Waals surface area contributed by atoms with Crippen molar-refractivity contribution in [2.75, 3.05) is 13.2 Å². The summed E-state index contributed by atoms with van der Waals surface area (Å²) in [4.78, 5) is 50.6. The lowest BCUT2D eigenvalue weighted by molar-refractivity contribution is -0.133. The number of Topliss-reactive ketones (excluding diaryl/α,β-unsaturated/α-hetero) is 2. The number of nitrogens with zero attached hydrogens (tertiary/aromatic N) is 1. The Hall–Kier alpha value is -2.54. The Bertz CT molecular complexity index is 874. The molecule has 1 N–H and O–H groups in total. The van der Waals surface area contributed by atoms with Crippen LogP contribution < -0.4 is 5.32 Å². The van der Waals surface area contributed by atoms with Crippen molar-refractivity contribution in [1.29, 1.82) is 0 Å². The standard InChI is InChI=1S/C21H24N2O5/c1-12(21(2)10-28-11-21)22-19(26)13-3-5-16-14(7-13)9-23(20(16)27)17-6-4-15(24)8-18(17)25/h3,5,7,12,17H,4,6,8-11H2,1-2H3,(H,22,26)/t12-,17?/m0/s1. The molecule has 4 rings (SSSR count). The van der Waals surface area contributed by atoms with E-state index in [0.29, 0.717) is 43.7 Å². The third-order valence-corrected chi connectivity index (χ3v) is 6.27. The summed E-state index contributed by atoms with van der Waals surface area (Å²) < 4.78 is 5.26. The van der Waals surface area contributed by atoms with E-state index in [1.54, 1.807) is 18.2 Å². The lowest BCUT2D eigenvalue weighted by Crippen LogP contribution is -2.54. The molecule has 3 aliphatic rings. The van der Waals surface area contributed by atoms with E-state index >= 15 is 0 Å². The molecule has 148 valence electrons. The van der Waals surface area contributed by atoms with Crippen molar-refractivity contribution in [3.05, 3.63) is 34.9 Å². The lowest BCUT2D eigenvalue weighted by Gasteiger charge is -2.43. The lowest BCUT2D eigenvalue weighted by atomic mass is 9.81. The summed E-state index contributed by atoms with van der Waals surface area (Å²) in [5.41, 5.74) is 1.70. The molecule has 1 aliphatic carbocycles. The van der Waals surface area contributed by atoms with Crippen LogP contribution >= 0.6 is 0 Å². The number of hydrogen-bond donors (Lipinski definition) is 1. The molecule has 0 aromatic heterocycles. The molecule has 2 atom stereocenters. The van der Waals surface area contributed by atoms with E-state index in [2.05, 4.69) is 12.2 Å². The first-order valence-corrected chi connectivity index (χ1v) is 9.65. The average Bonchev–Trinajstić information content (AvgIpc) is 2.95. The smallest absolute Gasteiger partial charge is 0.255 e. The van der Waals surface area contributed by atoms with Crippen LogP contribution in [0.4, 0.5) is 0 Å². The SMILES string of the molecule is C[C@H](NC(=O)c1ccc2c(c1)CN(C1CCC(=O)CC1=O)C2=O)C1(C)COC1. The van der Waals surface area contributed by atoms with Gasteiger partial charge in [0.1, 0.15) is 5.78 Å². The van der Waals surface area contributed by atoms with Gasteiger partial charge in [-0.3, -0.25) is 19.2 Å². The van der Waals surface area contributed by atoms with Crippen LogP contribution in [0, 0.1) is 5.41 Å². The number of fused-ring (bicyclic) bond motifs is 1. The molecule has 1 unspecified atom stereocenters. The second kappa shape index (κ2) is 6.81. The van der Waals surface area contributed by atoms with Gasteiger partial charge in [0.25, 0.3) is 11.8 Å². The van der Waals surface area contributed by atoms with E-state index in [1.165, 1.54) is 4.90 Å². The van der Waals surface area contributed by atoms with Crippen LogP contribution in [0.2, 0.25) is 0 Å². The second-order valence-electron chi connectivity index (χ2n) is 8.38. The van der Waals surface area contributed by atoms with Crippen LogP contribution in [0.5, 0.6) is 0 Å². The Balaban J connectivity index is 1.48. The van der Waals surface area contributed by atoms with Crippen LogP contribution in [-0.4, -0.2) is 53.6 Å². The van der Waals surface area contributed by atoms with Crippen LogP contribution in [0.15, 0.2) is 18.2 Å². The van der Waals surface area contributed by atoms with Crippen LogP contribution in [-0.2, 0) is 20.9 Å². The van der Waals surface area contributed by atoms with Gasteiger partial charge in [-0.05, 0) is 37.1 Å². The number of benzene rings is 1. The van der Waals surface area contributed by atoms with Gasteiger partial charge in [0.15, 0.2) is 5.78 Å². The molecule has 0 spiro atoms. The van der Waals surface area contributed by atoms with Crippen molar-refractivity contribution in [2.24, 2.45) is 5.41 Å². The van der Waals surface area contributed by atoms with Gasteiger partial charge in [-0.15, -0.1) is 0 Å². The first-order chi connectivity index (χ1) is 13.3. The summed E-state index contributed by atoms with van der Waals surface area (Å²) in [5.74, 6) is -0.653. The molecule has 1 saturated carbocycles.